The van der Waals surface area contributed by atoms with Crippen LogP contribution in [0.1, 0.15) is 24.2 Å². The summed E-state index contributed by atoms with van der Waals surface area (Å²) in [4.78, 5) is 14.3. The number of hydrogen-bond acceptors (Lipinski definition) is 2. The monoisotopic (exact) mass is 331 g/mol. The third-order valence-electron chi connectivity index (χ3n) is 3.30. The molecule has 18 heavy (non-hydrogen) atoms. The van der Waals surface area contributed by atoms with Crippen molar-refractivity contribution < 1.29 is 9.18 Å². The Morgan fingerprint density at radius 2 is 2.22 bits per heavy atom. The Morgan fingerprint density at radius 3 is 2.94 bits per heavy atom. The fourth-order valence-corrected chi connectivity index (χ4v) is 3.55. The zero-order valence-electron chi connectivity index (χ0n) is 10.3. The van der Waals surface area contributed by atoms with Crippen LogP contribution in [0, 0.1) is 5.82 Å². The van der Waals surface area contributed by atoms with Crippen molar-refractivity contribution in [2.75, 3.05) is 12.3 Å². The predicted molar refractivity (Wildman–Crippen MR) is 76.5 cm³/mol. The topological polar surface area (TPSA) is 20.3 Å². The molecule has 2 atom stereocenters. The molecule has 1 aliphatic heterocycles. The number of amides is 1. The Kier molecular flexibility index (Phi) is 4.33. The van der Waals surface area contributed by atoms with Crippen molar-refractivity contribution in [2.24, 2.45) is 0 Å². The van der Waals surface area contributed by atoms with E-state index in [-0.39, 0.29) is 17.8 Å². The Balaban J connectivity index is 2.27. The van der Waals surface area contributed by atoms with Crippen LogP contribution in [0.25, 0.3) is 0 Å². The predicted octanol–water partition coefficient (Wildman–Crippen LogP) is 3.55. The third-order valence-corrected chi connectivity index (χ3v) is 5.33. The summed E-state index contributed by atoms with van der Waals surface area (Å²) in [6.45, 7) is 4.88. The van der Waals surface area contributed by atoms with Crippen molar-refractivity contribution in [3.8, 4) is 0 Å². The van der Waals surface area contributed by atoms with Crippen LogP contribution in [-0.2, 0) is 0 Å². The van der Waals surface area contributed by atoms with Gasteiger partial charge < -0.3 is 4.90 Å². The summed E-state index contributed by atoms with van der Waals surface area (Å²) in [7, 11) is 0. The molecule has 2 rings (SSSR count). The number of carbonyl (C=O) groups excluding carboxylic acids is 1. The zero-order valence-corrected chi connectivity index (χ0v) is 12.7. The van der Waals surface area contributed by atoms with E-state index in [9.17, 15) is 9.18 Å². The van der Waals surface area contributed by atoms with Crippen molar-refractivity contribution in [1.82, 2.24) is 4.90 Å². The van der Waals surface area contributed by atoms with Crippen molar-refractivity contribution in [3.63, 3.8) is 0 Å². The standard InChI is InChI=1S/C13H15BrFNOS/c1-8-9(2)18-6-5-16(8)13(17)11-7-10(15)3-4-12(11)14/h3-4,7-9H,5-6H2,1-2H3. The fourth-order valence-electron chi connectivity index (χ4n) is 2.04. The number of nitrogens with zero attached hydrogens (tertiary/aromatic N) is 1. The first-order valence-corrected chi connectivity index (χ1v) is 7.72. The van der Waals surface area contributed by atoms with E-state index in [0.29, 0.717) is 15.3 Å². The van der Waals surface area contributed by atoms with Crippen LogP contribution in [0.3, 0.4) is 0 Å². The van der Waals surface area contributed by atoms with Crippen molar-refractivity contribution in [3.05, 3.63) is 34.1 Å². The van der Waals surface area contributed by atoms with Gasteiger partial charge in [0.2, 0.25) is 0 Å². The summed E-state index contributed by atoms with van der Waals surface area (Å²) in [5.41, 5.74) is 0.404. The van der Waals surface area contributed by atoms with Crippen LogP contribution < -0.4 is 0 Å². The largest absolute Gasteiger partial charge is 0.334 e. The van der Waals surface area contributed by atoms with E-state index < -0.39 is 0 Å². The molecule has 0 bridgehead atoms. The number of halogens is 2. The molecule has 0 radical (unpaired) electrons. The maximum absolute atomic E-state index is 13.3. The van der Waals surface area contributed by atoms with Gasteiger partial charge in [0, 0.05) is 28.1 Å². The molecule has 0 aromatic heterocycles. The molecule has 5 heteroatoms. The molecule has 0 N–H and O–H groups in total. The second-order valence-electron chi connectivity index (χ2n) is 4.44. The van der Waals surface area contributed by atoms with E-state index in [1.54, 1.807) is 6.07 Å². The molecule has 2 nitrogen and oxygen atoms in total. The summed E-state index contributed by atoms with van der Waals surface area (Å²) in [5, 5.41) is 0.412. The highest BCUT2D eigenvalue weighted by Gasteiger charge is 2.30. The molecule has 1 aromatic rings. The molecular weight excluding hydrogens is 317 g/mol. The molecular formula is C13H15BrFNOS. The van der Waals surface area contributed by atoms with Crippen LogP contribution in [0.4, 0.5) is 4.39 Å². The van der Waals surface area contributed by atoms with Gasteiger partial charge in [-0.25, -0.2) is 4.39 Å². The quantitative estimate of drug-likeness (QED) is 0.784. The number of rotatable bonds is 1. The third kappa shape index (κ3) is 2.72. The molecule has 1 aromatic carbocycles. The van der Waals surface area contributed by atoms with Crippen molar-refractivity contribution in [2.45, 2.75) is 25.1 Å². The van der Waals surface area contributed by atoms with Crippen molar-refractivity contribution in [1.29, 1.82) is 0 Å². The highest BCUT2D eigenvalue weighted by molar-refractivity contribution is 9.10. The second-order valence-corrected chi connectivity index (χ2v) is 6.78. The molecule has 1 amide bonds. The van der Waals surface area contributed by atoms with Crippen molar-refractivity contribution >= 4 is 33.6 Å². The van der Waals surface area contributed by atoms with Gasteiger partial charge in [-0.3, -0.25) is 4.79 Å². The van der Waals surface area contributed by atoms with Crippen LogP contribution in [-0.4, -0.2) is 34.4 Å². The SMILES string of the molecule is CC1SCCN(C(=O)c2cc(F)ccc2Br)C1C. The minimum atomic E-state index is -0.381. The average Bonchev–Trinajstić information content (AvgIpc) is 2.35. The molecule has 1 aliphatic rings. The molecule has 0 spiro atoms. The van der Waals surface area contributed by atoms with E-state index >= 15 is 0 Å². The van der Waals surface area contributed by atoms with Gasteiger partial charge >= 0.3 is 0 Å². The van der Waals surface area contributed by atoms with E-state index in [4.69, 9.17) is 0 Å². The smallest absolute Gasteiger partial charge is 0.255 e. The van der Waals surface area contributed by atoms with Gasteiger partial charge in [-0.2, -0.15) is 11.8 Å². The molecule has 2 unspecified atom stereocenters. The van der Waals surface area contributed by atoms with Crippen LogP contribution in [0.15, 0.2) is 22.7 Å². The number of hydrogen-bond donors (Lipinski definition) is 0. The Hall–Kier alpha value is -0.550. The van der Waals surface area contributed by atoms with Gasteiger partial charge in [0.15, 0.2) is 0 Å². The number of benzene rings is 1. The van der Waals surface area contributed by atoms with Gasteiger partial charge in [-0.05, 0) is 41.1 Å². The lowest BCUT2D eigenvalue weighted by Gasteiger charge is -2.37. The van der Waals surface area contributed by atoms with E-state index in [1.165, 1.54) is 12.1 Å². The summed E-state index contributed by atoms with van der Waals surface area (Å²) in [6.07, 6.45) is 0. The zero-order chi connectivity index (χ0) is 13.3. The summed E-state index contributed by atoms with van der Waals surface area (Å²) < 4.78 is 13.9. The molecule has 1 heterocycles. The van der Waals surface area contributed by atoms with Gasteiger partial charge in [-0.1, -0.05) is 6.92 Å². The highest BCUT2D eigenvalue weighted by Crippen LogP contribution is 2.27. The average molecular weight is 332 g/mol. The van der Waals surface area contributed by atoms with Crippen LogP contribution in [0.2, 0.25) is 0 Å². The maximum Gasteiger partial charge on any atom is 0.255 e. The molecule has 0 aliphatic carbocycles. The second kappa shape index (κ2) is 5.61. The van der Waals surface area contributed by atoms with Gasteiger partial charge in [0.1, 0.15) is 5.82 Å². The first kappa shape index (κ1) is 13.9. The molecule has 1 saturated heterocycles. The highest BCUT2D eigenvalue weighted by atomic mass is 79.9. The lowest BCUT2D eigenvalue weighted by atomic mass is 10.1. The molecule has 0 saturated carbocycles. The van der Waals surface area contributed by atoms with E-state index in [1.807, 2.05) is 23.6 Å². The van der Waals surface area contributed by atoms with Gasteiger partial charge in [-0.15, -0.1) is 0 Å². The van der Waals surface area contributed by atoms with E-state index in [2.05, 4.69) is 22.9 Å². The number of carbonyl (C=O) groups is 1. The fraction of sp³-hybridized carbons (Fsp3) is 0.462. The lowest BCUT2D eigenvalue weighted by Crippen LogP contribution is -2.48. The van der Waals surface area contributed by atoms with Crippen LogP contribution >= 0.6 is 27.7 Å². The lowest BCUT2D eigenvalue weighted by molar-refractivity contribution is 0.0696. The van der Waals surface area contributed by atoms with Gasteiger partial charge in [0.05, 0.1) is 5.56 Å². The number of thioether (sulfide) groups is 1. The summed E-state index contributed by atoms with van der Waals surface area (Å²) >= 11 is 5.18. The molecule has 1 fully saturated rings. The summed E-state index contributed by atoms with van der Waals surface area (Å²) in [6, 6.07) is 4.39. The Labute approximate surface area is 119 Å². The first-order valence-electron chi connectivity index (χ1n) is 5.88. The minimum Gasteiger partial charge on any atom is -0.334 e. The van der Waals surface area contributed by atoms with Crippen LogP contribution in [0.5, 0.6) is 0 Å². The Morgan fingerprint density at radius 1 is 1.50 bits per heavy atom. The maximum atomic E-state index is 13.3. The van der Waals surface area contributed by atoms with E-state index in [0.717, 1.165) is 12.3 Å². The summed E-state index contributed by atoms with van der Waals surface area (Å²) in [5.74, 6) is 0.458. The van der Waals surface area contributed by atoms with Gasteiger partial charge in [0.25, 0.3) is 5.91 Å². The normalized spacial score (nSPS) is 24.1. The molecule has 98 valence electrons. The Bertz CT molecular complexity index is 468. The minimum absolute atomic E-state index is 0.0963. The first-order chi connectivity index (χ1) is 8.50.